The smallest absolute Gasteiger partial charge is 0.130 e. The van der Waals surface area contributed by atoms with Crippen molar-refractivity contribution in [3.63, 3.8) is 0 Å². The summed E-state index contributed by atoms with van der Waals surface area (Å²) in [5.74, 6) is 1.84. The Balaban J connectivity index is 2.28. The van der Waals surface area contributed by atoms with Gasteiger partial charge in [-0.05, 0) is 39.4 Å². The van der Waals surface area contributed by atoms with Crippen LogP contribution in [-0.2, 0) is 0 Å². The maximum atomic E-state index is 5.64. The molecule has 1 aromatic rings. The van der Waals surface area contributed by atoms with Crippen LogP contribution in [0.5, 0.6) is 11.5 Å². The third kappa shape index (κ3) is 3.07. The number of benzene rings is 1. The number of methoxy groups -OCH3 is 2. The lowest BCUT2D eigenvalue weighted by molar-refractivity contribution is 0.220. The van der Waals surface area contributed by atoms with Gasteiger partial charge in [0.2, 0.25) is 0 Å². The molecule has 0 aromatic heterocycles. The second kappa shape index (κ2) is 6.95. The fraction of sp³-hybridized carbons (Fsp3) is 0.625. The molecule has 1 saturated heterocycles. The summed E-state index contributed by atoms with van der Waals surface area (Å²) in [7, 11) is 3.44. The van der Waals surface area contributed by atoms with E-state index in [0.717, 1.165) is 43.2 Å². The molecule has 1 N–H and O–H groups in total. The number of ether oxygens (including phenoxy) is 2. The number of hydrogen-bond acceptors (Lipinski definition) is 4. The Morgan fingerprint density at radius 2 is 1.95 bits per heavy atom. The zero-order valence-electron chi connectivity index (χ0n) is 13.0. The Morgan fingerprint density at radius 3 is 2.65 bits per heavy atom. The van der Waals surface area contributed by atoms with Crippen LogP contribution in [0.3, 0.4) is 0 Å². The van der Waals surface area contributed by atoms with Gasteiger partial charge in [0, 0.05) is 30.3 Å². The first-order valence-corrected chi connectivity index (χ1v) is 7.35. The maximum Gasteiger partial charge on any atom is 0.130 e. The molecule has 1 aliphatic rings. The van der Waals surface area contributed by atoms with Gasteiger partial charge in [-0.1, -0.05) is 6.07 Å². The number of nitrogens with one attached hydrogen (secondary N) is 1. The van der Waals surface area contributed by atoms with Crippen molar-refractivity contribution >= 4 is 0 Å². The predicted octanol–water partition coefficient (Wildman–Crippen LogP) is 2.37. The second-order valence-electron chi connectivity index (χ2n) is 5.33. The molecule has 20 heavy (non-hydrogen) atoms. The number of nitrogens with zero attached hydrogens (tertiary/aromatic N) is 1. The highest BCUT2D eigenvalue weighted by Gasteiger charge is 2.22. The first-order chi connectivity index (χ1) is 9.69. The van der Waals surface area contributed by atoms with Gasteiger partial charge < -0.3 is 14.8 Å². The third-order valence-electron chi connectivity index (χ3n) is 4.18. The average Bonchev–Trinajstić information content (AvgIpc) is 2.75. The van der Waals surface area contributed by atoms with Crippen molar-refractivity contribution in [1.82, 2.24) is 10.2 Å². The minimum absolute atomic E-state index is 0.356. The molecule has 2 rings (SSSR count). The summed E-state index contributed by atoms with van der Waals surface area (Å²) in [6, 6.07) is 4.53. The summed E-state index contributed by atoms with van der Waals surface area (Å²) in [4.78, 5) is 2.52. The molecular weight excluding hydrogens is 252 g/mol. The minimum Gasteiger partial charge on any atom is -0.496 e. The average molecular weight is 278 g/mol. The maximum absolute atomic E-state index is 5.64. The van der Waals surface area contributed by atoms with E-state index in [1.807, 2.05) is 6.07 Å². The van der Waals surface area contributed by atoms with E-state index in [9.17, 15) is 0 Å². The molecule has 1 heterocycles. The normalized spacial score (nSPS) is 18.4. The Labute approximate surface area is 122 Å². The largest absolute Gasteiger partial charge is 0.496 e. The van der Waals surface area contributed by atoms with Crippen LogP contribution in [0.15, 0.2) is 12.1 Å². The van der Waals surface area contributed by atoms with E-state index in [-0.39, 0.29) is 0 Å². The molecule has 4 heteroatoms. The van der Waals surface area contributed by atoms with E-state index in [4.69, 9.17) is 9.47 Å². The van der Waals surface area contributed by atoms with Crippen molar-refractivity contribution < 1.29 is 9.47 Å². The molecule has 112 valence electrons. The summed E-state index contributed by atoms with van der Waals surface area (Å²) in [6.45, 7) is 8.69. The Hall–Kier alpha value is -1.26. The summed E-state index contributed by atoms with van der Waals surface area (Å²) in [6.07, 6.45) is 1.20. The minimum atomic E-state index is 0.356. The van der Waals surface area contributed by atoms with Crippen LogP contribution in [0.1, 0.15) is 30.5 Å². The Morgan fingerprint density at radius 1 is 1.15 bits per heavy atom. The summed E-state index contributed by atoms with van der Waals surface area (Å²) in [5.41, 5.74) is 2.32. The van der Waals surface area contributed by atoms with Crippen LogP contribution >= 0.6 is 0 Å². The van der Waals surface area contributed by atoms with Crippen molar-refractivity contribution in [1.29, 1.82) is 0 Å². The molecule has 0 aliphatic carbocycles. The SMILES string of the molecule is COc1ccc(C(C)N2CCCNCC2)c(OC)c1C. The molecule has 1 aliphatic heterocycles. The molecule has 0 amide bonds. The zero-order valence-corrected chi connectivity index (χ0v) is 13.0. The quantitative estimate of drug-likeness (QED) is 0.917. The second-order valence-corrected chi connectivity index (χ2v) is 5.33. The highest BCUT2D eigenvalue weighted by molar-refractivity contribution is 5.50. The van der Waals surface area contributed by atoms with Crippen LogP contribution in [0.25, 0.3) is 0 Å². The molecule has 1 atom stereocenters. The van der Waals surface area contributed by atoms with Gasteiger partial charge in [0.25, 0.3) is 0 Å². The highest BCUT2D eigenvalue weighted by Crippen LogP contribution is 2.36. The van der Waals surface area contributed by atoms with Crippen molar-refractivity contribution in [2.45, 2.75) is 26.3 Å². The molecule has 1 fully saturated rings. The first kappa shape index (κ1) is 15.1. The van der Waals surface area contributed by atoms with Gasteiger partial charge in [0.05, 0.1) is 14.2 Å². The topological polar surface area (TPSA) is 33.7 Å². The lowest BCUT2D eigenvalue weighted by Crippen LogP contribution is -2.31. The van der Waals surface area contributed by atoms with E-state index in [1.165, 1.54) is 12.0 Å². The molecule has 0 radical (unpaired) electrons. The number of hydrogen-bond donors (Lipinski definition) is 1. The van der Waals surface area contributed by atoms with Crippen LogP contribution in [-0.4, -0.2) is 45.3 Å². The molecule has 4 nitrogen and oxygen atoms in total. The Bertz CT molecular complexity index is 440. The van der Waals surface area contributed by atoms with Crippen LogP contribution < -0.4 is 14.8 Å². The van der Waals surface area contributed by atoms with E-state index >= 15 is 0 Å². The van der Waals surface area contributed by atoms with Gasteiger partial charge in [0.1, 0.15) is 11.5 Å². The lowest BCUT2D eigenvalue weighted by Gasteiger charge is -2.29. The third-order valence-corrected chi connectivity index (χ3v) is 4.18. The molecule has 0 bridgehead atoms. The van der Waals surface area contributed by atoms with Crippen molar-refractivity contribution in [2.24, 2.45) is 0 Å². The lowest BCUT2D eigenvalue weighted by atomic mass is 10.0. The van der Waals surface area contributed by atoms with Crippen molar-refractivity contribution in [3.05, 3.63) is 23.3 Å². The van der Waals surface area contributed by atoms with Crippen LogP contribution in [0.4, 0.5) is 0 Å². The van der Waals surface area contributed by atoms with Gasteiger partial charge in [-0.2, -0.15) is 0 Å². The van der Waals surface area contributed by atoms with E-state index < -0.39 is 0 Å². The van der Waals surface area contributed by atoms with Gasteiger partial charge in [-0.3, -0.25) is 4.90 Å². The predicted molar refractivity (Wildman–Crippen MR) is 81.8 cm³/mol. The van der Waals surface area contributed by atoms with Crippen molar-refractivity contribution in [2.75, 3.05) is 40.4 Å². The summed E-state index contributed by atoms with van der Waals surface area (Å²) in [5, 5.41) is 3.45. The molecule has 1 unspecified atom stereocenters. The first-order valence-electron chi connectivity index (χ1n) is 7.35. The summed E-state index contributed by atoms with van der Waals surface area (Å²) < 4.78 is 11.0. The van der Waals surface area contributed by atoms with Gasteiger partial charge in [0.15, 0.2) is 0 Å². The van der Waals surface area contributed by atoms with E-state index in [2.05, 4.69) is 30.1 Å². The highest BCUT2D eigenvalue weighted by atomic mass is 16.5. The van der Waals surface area contributed by atoms with E-state index in [1.54, 1.807) is 14.2 Å². The fourth-order valence-corrected chi connectivity index (χ4v) is 2.97. The van der Waals surface area contributed by atoms with Gasteiger partial charge in [-0.25, -0.2) is 0 Å². The zero-order chi connectivity index (χ0) is 14.5. The monoisotopic (exact) mass is 278 g/mol. The van der Waals surface area contributed by atoms with Gasteiger partial charge >= 0.3 is 0 Å². The summed E-state index contributed by atoms with van der Waals surface area (Å²) >= 11 is 0. The van der Waals surface area contributed by atoms with E-state index in [0.29, 0.717) is 6.04 Å². The van der Waals surface area contributed by atoms with Crippen LogP contribution in [0, 0.1) is 6.92 Å². The number of rotatable bonds is 4. The molecule has 1 aromatic carbocycles. The fourth-order valence-electron chi connectivity index (χ4n) is 2.97. The molecule has 0 saturated carbocycles. The standard InChI is InChI=1S/C16H26N2O2/c1-12-15(19-3)7-6-14(16(12)20-4)13(2)18-10-5-8-17-9-11-18/h6-7,13,17H,5,8-11H2,1-4H3. The van der Waals surface area contributed by atoms with Crippen molar-refractivity contribution in [3.8, 4) is 11.5 Å². The van der Waals surface area contributed by atoms with Crippen LogP contribution in [0.2, 0.25) is 0 Å². The molecule has 0 spiro atoms. The van der Waals surface area contributed by atoms with Gasteiger partial charge in [-0.15, -0.1) is 0 Å². The Kier molecular flexibility index (Phi) is 5.26. The molecular formula is C16H26N2O2.